The van der Waals surface area contributed by atoms with E-state index >= 15 is 0 Å². The van der Waals surface area contributed by atoms with Gasteiger partial charge in [-0.2, -0.15) is 4.98 Å². The average molecular weight is 485 g/mol. The Labute approximate surface area is 203 Å². The number of nitrogens with one attached hydrogen (secondary N) is 2. The maximum Gasteiger partial charge on any atom is 0.230 e. The molecule has 1 aliphatic carbocycles. The van der Waals surface area contributed by atoms with Gasteiger partial charge in [-0.15, -0.1) is 11.3 Å². The van der Waals surface area contributed by atoms with Crippen molar-refractivity contribution in [2.24, 2.45) is 0 Å². The van der Waals surface area contributed by atoms with Crippen molar-refractivity contribution in [2.75, 3.05) is 36.9 Å². The van der Waals surface area contributed by atoms with Gasteiger partial charge in [0.05, 0.1) is 37.0 Å². The zero-order valence-electron chi connectivity index (χ0n) is 19.8. The molecule has 3 aliphatic rings. The standard InChI is InChI=1S/C24H32N6O3S/c1-24(2)11-18-19(14-32-24)34-22-20(18)21(28-23(29-22)27-16-12-25-33-13-16)26-15-3-5-17(6-4-15)30-7-9-31-10-8-30/h12-13,15,17H,3-11,14H2,1-2H3,(H2,26,27,28,29). The van der Waals surface area contributed by atoms with Crippen LogP contribution in [-0.4, -0.2) is 64.0 Å². The summed E-state index contributed by atoms with van der Waals surface area (Å²) in [5, 5.41) is 12.0. The molecule has 10 heteroatoms. The number of ether oxygens (including phenoxy) is 2. The molecule has 0 spiro atoms. The van der Waals surface area contributed by atoms with Crippen LogP contribution in [0.5, 0.6) is 0 Å². The number of fused-ring (bicyclic) bond motifs is 3. The summed E-state index contributed by atoms with van der Waals surface area (Å²) in [5.41, 5.74) is 1.88. The van der Waals surface area contributed by atoms with Crippen LogP contribution in [0.3, 0.4) is 0 Å². The molecule has 0 aromatic carbocycles. The van der Waals surface area contributed by atoms with E-state index in [2.05, 4.69) is 34.5 Å². The smallest absolute Gasteiger partial charge is 0.230 e. The van der Waals surface area contributed by atoms with E-state index in [9.17, 15) is 0 Å². The lowest BCUT2D eigenvalue weighted by atomic mass is 9.89. The summed E-state index contributed by atoms with van der Waals surface area (Å²) in [5.74, 6) is 1.48. The zero-order chi connectivity index (χ0) is 23.1. The van der Waals surface area contributed by atoms with E-state index in [1.807, 2.05) is 0 Å². The van der Waals surface area contributed by atoms with Crippen molar-refractivity contribution in [3.63, 3.8) is 0 Å². The van der Waals surface area contributed by atoms with Gasteiger partial charge >= 0.3 is 0 Å². The first kappa shape index (κ1) is 22.2. The molecule has 1 saturated heterocycles. The van der Waals surface area contributed by atoms with Crippen LogP contribution in [0.25, 0.3) is 10.2 Å². The predicted molar refractivity (Wildman–Crippen MR) is 132 cm³/mol. The Morgan fingerprint density at radius 1 is 1.12 bits per heavy atom. The van der Waals surface area contributed by atoms with Gasteiger partial charge in [0.1, 0.15) is 22.6 Å². The molecule has 34 heavy (non-hydrogen) atoms. The summed E-state index contributed by atoms with van der Waals surface area (Å²) in [4.78, 5) is 14.6. The Bertz CT molecular complexity index is 1130. The highest BCUT2D eigenvalue weighted by Crippen LogP contribution is 2.42. The van der Waals surface area contributed by atoms with Crippen molar-refractivity contribution in [3.05, 3.63) is 22.9 Å². The Balaban J connectivity index is 1.27. The summed E-state index contributed by atoms with van der Waals surface area (Å²) < 4.78 is 16.6. The van der Waals surface area contributed by atoms with Crippen LogP contribution in [0.4, 0.5) is 17.5 Å². The van der Waals surface area contributed by atoms with E-state index in [0.29, 0.717) is 24.6 Å². The van der Waals surface area contributed by atoms with Crippen molar-refractivity contribution < 1.29 is 14.0 Å². The number of rotatable bonds is 5. The minimum Gasteiger partial charge on any atom is -0.379 e. The van der Waals surface area contributed by atoms with Crippen molar-refractivity contribution in [3.8, 4) is 0 Å². The van der Waals surface area contributed by atoms with Gasteiger partial charge in [0.2, 0.25) is 5.95 Å². The molecular weight excluding hydrogens is 452 g/mol. The third-order valence-electron chi connectivity index (χ3n) is 7.22. The predicted octanol–water partition coefficient (Wildman–Crippen LogP) is 4.33. The minimum absolute atomic E-state index is 0.187. The van der Waals surface area contributed by atoms with Crippen LogP contribution in [-0.2, 0) is 22.5 Å². The third kappa shape index (κ3) is 4.51. The fourth-order valence-corrected chi connectivity index (χ4v) is 6.52. The van der Waals surface area contributed by atoms with E-state index in [1.54, 1.807) is 23.8 Å². The first-order chi connectivity index (χ1) is 16.5. The monoisotopic (exact) mass is 484 g/mol. The number of aromatic nitrogens is 3. The quantitative estimate of drug-likeness (QED) is 0.548. The van der Waals surface area contributed by atoms with Crippen LogP contribution < -0.4 is 10.6 Å². The summed E-state index contributed by atoms with van der Waals surface area (Å²) in [6.07, 6.45) is 8.75. The number of thiophene rings is 1. The van der Waals surface area contributed by atoms with Gasteiger partial charge in [-0.25, -0.2) is 4.98 Å². The van der Waals surface area contributed by atoms with E-state index in [-0.39, 0.29) is 5.60 Å². The largest absolute Gasteiger partial charge is 0.379 e. The maximum atomic E-state index is 6.09. The normalized spacial score (nSPS) is 25.2. The van der Waals surface area contributed by atoms with Gasteiger partial charge in [-0.05, 0) is 45.1 Å². The highest BCUT2D eigenvalue weighted by Gasteiger charge is 2.32. The molecular formula is C24H32N6O3S. The summed E-state index contributed by atoms with van der Waals surface area (Å²) in [7, 11) is 0. The molecule has 1 saturated carbocycles. The molecule has 0 atom stereocenters. The van der Waals surface area contributed by atoms with Gasteiger partial charge in [-0.3, -0.25) is 4.90 Å². The Morgan fingerprint density at radius 2 is 1.94 bits per heavy atom. The molecule has 2 aliphatic heterocycles. The Hall–Kier alpha value is -2.27. The maximum absolute atomic E-state index is 6.09. The first-order valence-corrected chi connectivity index (χ1v) is 13.1. The highest BCUT2D eigenvalue weighted by atomic mass is 32.1. The fraction of sp³-hybridized carbons (Fsp3) is 0.625. The minimum atomic E-state index is -0.187. The molecule has 3 aromatic rings. The number of hydrogen-bond acceptors (Lipinski definition) is 10. The Morgan fingerprint density at radius 3 is 2.71 bits per heavy atom. The SMILES string of the molecule is CC1(C)Cc2c(sc3nc(Nc4cnoc4)nc(NC4CCC(N5CCOCC5)CC4)c23)CO1. The van der Waals surface area contributed by atoms with Crippen LogP contribution in [0.1, 0.15) is 50.0 Å². The molecule has 6 rings (SSSR count). The lowest BCUT2D eigenvalue weighted by Gasteiger charge is -2.39. The van der Waals surface area contributed by atoms with Gasteiger partial charge in [0.25, 0.3) is 0 Å². The van der Waals surface area contributed by atoms with Crippen molar-refractivity contribution in [1.82, 2.24) is 20.0 Å². The van der Waals surface area contributed by atoms with E-state index in [0.717, 1.165) is 67.3 Å². The van der Waals surface area contributed by atoms with E-state index in [1.165, 1.54) is 23.3 Å². The average Bonchev–Trinajstić information content (AvgIpc) is 3.47. The molecule has 2 fully saturated rings. The second-order valence-electron chi connectivity index (χ2n) is 10.1. The lowest BCUT2D eigenvalue weighted by Crippen LogP contribution is -2.46. The second-order valence-corrected chi connectivity index (χ2v) is 11.2. The lowest BCUT2D eigenvalue weighted by molar-refractivity contribution is -0.0379. The fourth-order valence-electron chi connectivity index (χ4n) is 5.42. The summed E-state index contributed by atoms with van der Waals surface area (Å²) in [6.45, 7) is 8.79. The summed E-state index contributed by atoms with van der Waals surface area (Å²) >= 11 is 1.71. The summed E-state index contributed by atoms with van der Waals surface area (Å²) in [6, 6.07) is 1.08. The molecule has 5 heterocycles. The van der Waals surface area contributed by atoms with Crippen molar-refractivity contribution >= 4 is 39.0 Å². The number of nitrogens with zero attached hydrogens (tertiary/aromatic N) is 4. The Kier molecular flexibility index (Phi) is 5.92. The van der Waals surface area contributed by atoms with Crippen LogP contribution in [0.15, 0.2) is 17.0 Å². The molecule has 182 valence electrons. The van der Waals surface area contributed by atoms with Crippen LogP contribution in [0, 0.1) is 0 Å². The second kappa shape index (κ2) is 9.07. The number of morpholine rings is 1. The van der Waals surface area contributed by atoms with Gasteiger partial charge in [-0.1, -0.05) is 5.16 Å². The van der Waals surface area contributed by atoms with Crippen LogP contribution >= 0.6 is 11.3 Å². The van der Waals surface area contributed by atoms with E-state index in [4.69, 9.17) is 24.0 Å². The molecule has 3 aromatic heterocycles. The van der Waals surface area contributed by atoms with E-state index < -0.39 is 0 Å². The molecule has 0 bridgehead atoms. The van der Waals surface area contributed by atoms with Crippen LogP contribution in [0.2, 0.25) is 0 Å². The molecule has 9 nitrogen and oxygen atoms in total. The molecule has 0 radical (unpaired) electrons. The molecule has 0 unspecified atom stereocenters. The number of hydrogen-bond donors (Lipinski definition) is 2. The number of anilines is 3. The van der Waals surface area contributed by atoms with Crippen molar-refractivity contribution in [1.29, 1.82) is 0 Å². The first-order valence-electron chi connectivity index (χ1n) is 12.2. The van der Waals surface area contributed by atoms with Gasteiger partial charge in [0.15, 0.2) is 0 Å². The van der Waals surface area contributed by atoms with Gasteiger partial charge in [0, 0.05) is 36.5 Å². The molecule has 0 amide bonds. The topological polar surface area (TPSA) is 97.6 Å². The third-order valence-corrected chi connectivity index (χ3v) is 8.32. The van der Waals surface area contributed by atoms with Gasteiger partial charge < -0.3 is 24.6 Å². The zero-order valence-corrected chi connectivity index (χ0v) is 20.6. The van der Waals surface area contributed by atoms with Crippen molar-refractivity contribution in [2.45, 2.75) is 70.2 Å². The molecule has 2 N–H and O–H groups in total. The highest BCUT2D eigenvalue weighted by molar-refractivity contribution is 7.19.